The van der Waals surface area contributed by atoms with Crippen molar-refractivity contribution in [2.45, 2.75) is 66.0 Å². The van der Waals surface area contributed by atoms with Crippen molar-refractivity contribution in [3.63, 3.8) is 0 Å². The molecule has 4 atom stereocenters. The van der Waals surface area contributed by atoms with Crippen LogP contribution in [0.25, 0.3) is 0 Å². The zero-order valence-electron chi connectivity index (χ0n) is 13.4. The van der Waals surface area contributed by atoms with Gasteiger partial charge in [-0.1, -0.05) is 20.8 Å². The summed E-state index contributed by atoms with van der Waals surface area (Å²) in [5.74, 6) is 0.875. The summed E-state index contributed by atoms with van der Waals surface area (Å²) in [6.45, 7) is 11.7. The third-order valence-corrected chi connectivity index (χ3v) is 6.57. The highest BCUT2D eigenvalue weighted by molar-refractivity contribution is 5.17. The summed E-state index contributed by atoms with van der Waals surface area (Å²) in [6.07, 6.45) is 7.64. The number of fused-ring (bicyclic) bond motifs is 2. The topological polar surface area (TPSA) is 37.8 Å². The Morgan fingerprint density at radius 3 is 2.50 bits per heavy atom. The summed E-state index contributed by atoms with van der Waals surface area (Å²) < 4.78 is 0. The lowest BCUT2D eigenvalue weighted by molar-refractivity contribution is 0.116. The Morgan fingerprint density at radius 1 is 1.25 bits per heavy atom. The molecule has 2 fully saturated rings. The summed E-state index contributed by atoms with van der Waals surface area (Å²) in [4.78, 5) is 8.88. The van der Waals surface area contributed by atoms with Crippen LogP contribution in [0.1, 0.15) is 64.4 Å². The highest BCUT2D eigenvalue weighted by Gasteiger charge is 2.61. The Balaban J connectivity index is 1.79. The summed E-state index contributed by atoms with van der Waals surface area (Å²) >= 11 is 0. The molecule has 0 spiro atoms. The summed E-state index contributed by atoms with van der Waals surface area (Å²) in [6, 6.07) is 0.883. The molecule has 1 aromatic heterocycles. The first-order chi connectivity index (χ1) is 9.36. The molecule has 2 aliphatic rings. The minimum Gasteiger partial charge on any atom is -0.305 e. The number of rotatable bonds is 3. The maximum absolute atomic E-state index is 4.52. The van der Waals surface area contributed by atoms with E-state index in [9.17, 15) is 0 Å². The van der Waals surface area contributed by atoms with Crippen LogP contribution in [0.5, 0.6) is 0 Å². The van der Waals surface area contributed by atoms with Crippen LogP contribution in [0.3, 0.4) is 0 Å². The van der Waals surface area contributed by atoms with Gasteiger partial charge in [0.25, 0.3) is 0 Å². The van der Waals surface area contributed by atoms with E-state index in [1.165, 1.54) is 19.3 Å². The van der Waals surface area contributed by atoms with Gasteiger partial charge in [-0.15, -0.1) is 0 Å². The van der Waals surface area contributed by atoms with Gasteiger partial charge in [0.1, 0.15) is 0 Å². The van der Waals surface area contributed by atoms with E-state index in [1.807, 2.05) is 6.92 Å². The Morgan fingerprint density at radius 2 is 1.95 bits per heavy atom. The first-order valence-electron chi connectivity index (χ1n) is 7.90. The van der Waals surface area contributed by atoms with E-state index in [-0.39, 0.29) is 6.04 Å². The van der Waals surface area contributed by atoms with Crippen molar-refractivity contribution < 1.29 is 0 Å². The molecule has 3 rings (SSSR count). The molecule has 0 aliphatic heterocycles. The van der Waals surface area contributed by atoms with E-state index in [4.69, 9.17) is 0 Å². The lowest BCUT2D eigenvalue weighted by Gasteiger charge is -2.40. The molecular formula is C17H27N3. The van der Waals surface area contributed by atoms with Crippen molar-refractivity contribution in [3.05, 3.63) is 23.8 Å². The normalized spacial score (nSPS) is 36.2. The predicted octanol–water partition coefficient (Wildman–Crippen LogP) is 3.65. The third kappa shape index (κ3) is 1.82. The molecule has 4 unspecified atom stereocenters. The molecular weight excluding hydrogens is 246 g/mol. The molecule has 1 aromatic rings. The van der Waals surface area contributed by atoms with Gasteiger partial charge in [0.2, 0.25) is 0 Å². The van der Waals surface area contributed by atoms with Crippen LogP contribution in [-0.2, 0) is 0 Å². The maximum Gasteiger partial charge on any atom is 0.0782 e. The number of aryl methyl sites for hydroxylation is 1. The standard InChI is InChI=1S/C17H27N3/c1-11-15(19-9-8-18-11)12(2)20-14-10-13-6-7-17(14,5)16(13,3)4/h8-9,12-14,20H,6-7,10H2,1-5H3. The van der Waals surface area contributed by atoms with E-state index < -0.39 is 0 Å². The van der Waals surface area contributed by atoms with Crippen molar-refractivity contribution in [1.82, 2.24) is 15.3 Å². The first kappa shape index (κ1) is 14.0. The zero-order chi connectivity index (χ0) is 14.5. The van der Waals surface area contributed by atoms with Gasteiger partial charge in [-0.25, -0.2) is 0 Å². The van der Waals surface area contributed by atoms with Gasteiger partial charge >= 0.3 is 0 Å². The lowest BCUT2D eigenvalue weighted by Crippen LogP contribution is -2.45. The van der Waals surface area contributed by atoms with Crippen LogP contribution in [0, 0.1) is 23.7 Å². The summed E-state index contributed by atoms with van der Waals surface area (Å²) in [7, 11) is 0. The molecule has 2 saturated carbocycles. The van der Waals surface area contributed by atoms with Gasteiger partial charge in [-0.3, -0.25) is 9.97 Å². The number of hydrogen-bond acceptors (Lipinski definition) is 3. The van der Waals surface area contributed by atoms with Gasteiger partial charge in [0.05, 0.1) is 11.4 Å². The fraction of sp³-hybridized carbons (Fsp3) is 0.765. The second-order valence-corrected chi connectivity index (χ2v) is 7.58. The van der Waals surface area contributed by atoms with Crippen LogP contribution in [0.15, 0.2) is 12.4 Å². The smallest absolute Gasteiger partial charge is 0.0782 e. The molecule has 0 saturated heterocycles. The van der Waals surface area contributed by atoms with Crippen LogP contribution >= 0.6 is 0 Å². The van der Waals surface area contributed by atoms with E-state index in [0.29, 0.717) is 16.9 Å². The SMILES string of the molecule is Cc1nccnc1C(C)NC1CC2CCC1(C)C2(C)C. The second-order valence-electron chi connectivity index (χ2n) is 7.58. The summed E-state index contributed by atoms with van der Waals surface area (Å²) in [5, 5.41) is 3.86. The molecule has 0 amide bonds. The highest BCUT2D eigenvalue weighted by atomic mass is 15.0. The predicted molar refractivity (Wildman–Crippen MR) is 81.3 cm³/mol. The third-order valence-electron chi connectivity index (χ3n) is 6.57. The van der Waals surface area contributed by atoms with Crippen molar-refractivity contribution in [1.29, 1.82) is 0 Å². The van der Waals surface area contributed by atoms with Gasteiger partial charge in [0.15, 0.2) is 0 Å². The zero-order valence-corrected chi connectivity index (χ0v) is 13.4. The molecule has 1 heterocycles. The van der Waals surface area contributed by atoms with Crippen LogP contribution in [0.2, 0.25) is 0 Å². The van der Waals surface area contributed by atoms with Crippen molar-refractivity contribution in [2.75, 3.05) is 0 Å². The number of hydrogen-bond donors (Lipinski definition) is 1. The van der Waals surface area contributed by atoms with E-state index >= 15 is 0 Å². The van der Waals surface area contributed by atoms with E-state index in [2.05, 4.69) is 43.0 Å². The van der Waals surface area contributed by atoms with Gasteiger partial charge in [0, 0.05) is 24.5 Å². The fourth-order valence-corrected chi connectivity index (χ4v) is 4.68. The van der Waals surface area contributed by atoms with Gasteiger partial charge < -0.3 is 5.32 Å². The van der Waals surface area contributed by atoms with Crippen molar-refractivity contribution >= 4 is 0 Å². The monoisotopic (exact) mass is 273 g/mol. The Hall–Kier alpha value is -0.960. The van der Waals surface area contributed by atoms with Crippen LogP contribution in [0.4, 0.5) is 0 Å². The molecule has 3 heteroatoms. The lowest BCUT2D eigenvalue weighted by atomic mass is 9.69. The Labute approximate surface area is 122 Å². The fourth-order valence-electron chi connectivity index (χ4n) is 4.68. The molecule has 2 bridgehead atoms. The molecule has 0 radical (unpaired) electrons. The Kier molecular flexibility index (Phi) is 3.16. The van der Waals surface area contributed by atoms with Gasteiger partial charge in [-0.2, -0.15) is 0 Å². The quantitative estimate of drug-likeness (QED) is 0.913. The van der Waals surface area contributed by atoms with E-state index in [0.717, 1.165) is 17.3 Å². The molecule has 0 aromatic carbocycles. The Bertz CT molecular complexity index is 511. The summed E-state index contributed by atoms with van der Waals surface area (Å²) in [5.41, 5.74) is 3.01. The van der Waals surface area contributed by atoms with Gasteiger partial charge in [-0.05, 0) is 49.9 Å². The second kappa shape index (κ2) is 4.52. The van der Waals surface area contributed by atoms with Crippen LogP contribution < -0.4 is 5.32 Å². The van der Waals surface area contributed by atoms with Crippen molar-refractivity contribution in [2.24, 2.45) is 16.7 Å². The van der Waals surface area contributed by atoms with Crippen molar-refractivity contribution in [3.8, 4) is 0 Å². The number of nitrogens with zero attached hydrogens (tertiary/aromatic N) is 2. The first-order valence-corrected chi connectivity index (χ1v) is 7.90. The number of aromatic nitrogens is 2. The molecule has 20 heavy (non-hydrogen) atoms. The molecule has 1 N–H and O–H groups in total. The highest BCUT2D eigenvalue weighted by Crippen LogP contribution is 2.65. The van der Waals surface area contributed by atoms with Crippen LogP contribution in [-0.4, -0.2) is 16.0 Å². The molecule has 2 aliphatic carbocycles. The average Bonchev–Trinajstić information content (AvgIpc) is 2.72. The average molecular weight is 273 g/mol. The number of nitrogens with one attached hydrogen (secondary N) is 1. The largest absolute Gasteiger partial charge is 0.305 e. The van der Waals surface area contributed by atoms with E-state index in [1.54, 1.807) is 12.4 Å². The molecule has 110 valence electrons. The minimum absolute atomic E-state index is 0.278. The maximum atomic E-state index is 4.52. The minimum atomic E-state index is 0.278. The molecule has 3 nitrogen and oxygen atoms in total.